The Balaban J connectivity index is 2.21. The third-order valence-corrected chi connectivity index (χ3v) is 2.88. The highest BCUT2D eigenvalue weighted by Gasteiger charge is 2.19. The van der Waals surface area contributed by atoms with Crippen LogP contribution in [0.2, 0.25) is 0 Å². The summed E-state index contributed by atoms with van der Waals surface area (Å²) in [6, 6.07) is 0. The summed E-state index contributed by atoms with van der Waals surface area (Å²) in [4.78, 5) is 0. The lowest BCUT2D eigenvalue weighted by Gasteiger charge is -2.26. The molecule has 1 atom stereocenters. The third kappa shape index (κ3) is 2.82. The Kier molecular flexibility index (Phi) is 3.92. The highest BCUT2D eigenvalue weighted by atomic mass is 16.5. The molecule has 0 aromatic carbocycles. The maximum atomic E-state index is 5.16. The summed E-state index contributed by atoms with van der Waals surface area (Å²) in [7, 11) is 1.80. The van der Waals surface area contributed by atoms with Crippen LogP contribution in [0.15, 0.2) is 0 Å². The maximum Gasteiger partial charge on any atom is 0.0490 e. The zero-order valence-corrected chi connectivity index (χ0v) is 7.81. The van der Waals surface area contributed by atoms with Crippen molar-refractivity contribution in [3.05, 3.63) is 0 Å². The van der Waals surface area contributed by atoms with E-state index in [0.717, 1.165) is 18.4 Å². The van der Waals surface area contributed by atoms with E-state index in [1.807, 2.05) is 0 Å². The van der Waals surface area contributed by atoms with E-state index in [1.165, 1.54) is 32.1 Å². The van der Waals surface area contributed by atoms with E-state index in [1.54, 1.807) is 7.11 Å². The van der Waals surface area contributed by atoms with Gasteiger partial charge in [-0.3, -0.25) is 0 Å². The Morgan fingerprint density at radius 3 is 2.45 bits per heavy atom. The SMILES string of the molecule is COCC(C)C1CCCCC1. The van der Waals surface area contributed by atoms with Crippen LogP contribution in [0, 0.1) is 11.8 Å². The normalized spacial score (nSPS) is 23.5. The fourth-order valence-electron chi connectivity index (χ4n) is 2.10. The molecule has 1 saturated carbocycles. The van der Waals surface area contributed by atoms with Gasteiger partial charge in [-0.15, -0.1) is 0 Å². The molecule has 0 spiro atoms. The van der Waals surface area contributed by atoms with Crippen LogP contribution in [0.3, 0.4) is 0 Å². The summed E-state index contributed by atoms with van der Waals surface area (Å²) >= 11 is 0. The monoisotopic (exact) mass is 156 g/mol. The summed E-state index contributed by atoms with van der Waals surface area (Å²) < 4.78 is 5.16. The van der Waals surface area contributed by atoms with Crippen LogP contribution < -0.4 is 0 Å². The van der Waals surface area contributed by atoms with Gasteiger partial charge in [-0.1, -0.05) is 39.0 Å². The first-order chi connectivity index (χ1) is 5.34. The summed E-state index contributed by atoms with van der Waals surface area (Å²) in [6.07, 6.45) is 7.21. The first-order valence-corrected chi connectivity index (χ1v) is 4.83. The molecule has 0 aromatic rings. The van der Waals surface area contributed by atoms with Gasteiger partial charge in [-0.05, 0) is 11.8 Å². The average molecular weight is 156 g/mol. The average Bonchev–Trinajstić information content (AvgIpc) is 2.07. The molecule has 66 valence electrons. The molecule has 0 amide bonds. The van der Waals surface area contributed by atoms with Crippen LogP contribution in [0.1, 0.15) is 39.0 Å². The van der Waals surface area contributed by atoms with Crippen LogP contribution >= 0.6 is 0 Å². The molecule has 1 aliphatic rings. The Morgan fingerprint density at radius 2 is 1.91 bits per heavy atom. The van der Waals surface area contributed by atoms with Gasteiger partial charge < -0.3 is 4.74 Å². The molecule has 1 fully saturated rings. The van der Waals surface area contributed by atoms with Gasteiger partial charge in [0.2, 0.25) is 0 Å². The fourth-order valence-corrected chi connectivity index (χ4v) is 2.10. The van der Waals surface area contributed by atoms with Crippen LogP contribution in [0.5, 0.6) is 0 Å². The van der Waals surface area contributed by atoms with Crippen LogP contribution in [0.4, 0.5) is 0 Å². The predicted octanol–water partition coefficient (Wildman–Crippen LogP) is 2.85. The maximum absolute atomic E-state index is 5.16. The molecule has 1 heteroatoms. The van der Waals surface area contributed by atoms with E-state index in [9.17, 15) is 0 Å². The first-order valence-electron chi connectivity index (χ1n) is 4.83. The molecule has 0 bridgehead atoms. The molecule has 1 unspecified atom stereocenters. The molecular weight excluding hydrogens is 136 g/mol. The molecule has 1 aliphatic carbocycles. The molecular formula is C10H20O. The van der Waals surface area contributed by atoms with E-state index in [2.05, 4.69) is 6.92 Å². The number of methoxy groups -OCH3 is 1. The lowest BCUT2D eigenvalue weighted by molar-refractivity contribution is 0.114. The zero-order chi connectivity index (χ0) is 8.10. The van der Waals surface area contributed by atoms with Gasteiger partial charge in [0.15, 0.2) is 0 Å². The Hall–Kier alpha value is -0.0400. The van der Waals surface area contributed by atoms with Gasteiger partial charge in [0.25, 0.3) is 0 Å². The lowest BCUT2D eigenvalue weighted by Crippen LogP contribution is -2.19. The van der Waals surface area contributed by atoms with Crippen LogP contribution in [0.25, 0.3) is 0 Å². The minimum absolute atomic E-state index is 0.778. The number of hydrogen-bond acceptors (Lipinski definition) is 1. The molecule has 1 nitrogen and oxygen atoms in total. The van der Waals surface area contributed by atoms with E-state index in [-0.39, 0.29) is 0 Å². The summed E-state index contributed by atoms with van der Waals surface area (Å²) in [5.74, 6) is 1.73. The Morgan fingerprint density at radius 1 is 1.27 bits per heavy atom. The van der Waals surface area contributed by atoms with Crippen molar-refractivity contribution in [1.82, 2.24) is 0 Å². The first kappa shape index (κ1) is 9.05. The molecule has 0 saturated heterocycles. The van der Waals surface area contributed by atoms with Gasteiger partial charge in [-0.2, -0.15) is 0 Å². The van der Waals surface area contributed by atoms with Crippen LogP contribution in [-0.4, -0.2) is 13.7 Å². The predicted molar refractivity (Wildman–Crippen MR) is 47.6 cm³/mol. The minimum Gasteiger partial charge on any atom is -0.384 e. The van der Waals surface area contributed by atoms with E-state index in [4.69, 9.17) is 4.74 Å². The lowest BCUT2D eigenvalue weighted by atomic mass is 9.81. The largest absolute Gasteiger partial charge is 0.384 e. The van der Waals surface area contributed by atoms with Crippen molar-refractivity contribution in [3.8, 4) is 0 Å². The van der Waals surface area contributed by atoms with Crippen molar-refractivity contribution in [3.63, 3.8) is 0 Å². The Labute approximate surface area is 70.1 Å². The van der Waals surface area contributed by atoms with E-state index in [0.29, 0.717) is 0 Å². The van der Waals surface area contributed by atoms with Crippen molar-refractivity contribution in [2.75, 3.05) is 13.7 Å². The summed E-state index contributed by atoms with van der Waals surface area (Å²) in [6.45, 7) is 3.27. The number of rotatable bonds is 3. The van der Waals surface area contributed by atoms with E-state index < -0.39 is 0 Å². The van der Waals surface area contributed by atoms with Crippen LogP contribution in [-0.2, 0) is 4.74 Å². The molecule has 0 aromatic heterocycles. The second kappa shape index (κ2) is 4.76. The summed E-state index contributed by atoms with van der Waals surface area (Å²) in [5.41, 5.74) is 0. The molecule has 0 radical (unpaired) electrons. The summed E-state index contributed by atoms with van der Waals surface area (Å²) in [5, 5.41) is 0. The Bertz CT molecular complexity index is 95.0. The van der Waals surface area contributed by atoms with Crippen molar-refractivity contribution >= 4 is 0 Å². The van der Waals surface area contributed by atoms with Gasteiger partial charge >= 0.3 is 0 Å². The highest BCUT2D eigenvalue weighted by molar-refractivity contribution is 4.70. The second-order valence-electron chi connectivity index (χ2n) is 3.83. The quantitative estimate of drug-likeness (QED) is 0.610. The third-order valence-electron chi connectivity index (χ3n) is 2.88. The standard InChI is InChI=1S/C10H20O/c1-9(8-11-2)10-6-4-3-5-7-10/h9-10H,3-8H2,1-2H3. The zero-order valence-electron chi connectivity index (χ0n) is 7.81. The number of hydrogen-bond donors (Lipinski definition) is 0. The van der Waals surface area contributed by atoms with Gasteiger partial charge in [0.05, 0.1) is 0 Å². The highest BCUT2D eigenvalue weighted by Crippen LogP contribution is 2.29. The van der Waals surface area contributed by atoms with Crippen molar-refractivity contribution in [1.29, 1.82) is 0 Å². The number of ether oxygens (including phenoxy) is 1. The minimum atomic E-state index is 0.778. The smallest absolute Gasteiger partial charge is 0.0490 e. The molecule has 11 heavy (non-hydrogen) atoms. The molecule has 0 aliphatic heterocycles. The fraction of sp³-hybridized carbons (Fsp3) is 1.00. The second-order valence-corrected chi connectivity index (χ2v) is 3.83. The van der Waals surface area contributed by atoms with Crippen molar-refractivity contribution < 1.29 is 4.74 Å². The van der Waals surface area contributed by atoms with Crippen molar-refractivity contribution in [2.45, 2.75) is 39.0 Å². The molecule has 1 rings (SSSR count). The van der Waals surface area contributed by atoms with Gasteiger partial charge in [-0.25, -0.2) is 0 Å². The topological polar surface area (TPSA) is 9.23 Å². The van der Waals surface area contributed by atoms with E-state index >= 15 is 0 Å². The van der Waals surface area contributed by atoms with Gasteiger partial charge in [0, 0.05) is 13.7 Å². The molecule has 0 heterocycles. The molecule has 0 N–H and O–H groups in total. The van der Waals surface area contributed by atoms with Gasteiger partial charge in [0.1, 0.15) is 0 Å². The van der Waals surface area contributed by atoms with Crippen molar-refractivity contribution in [2.24, 2.45) is 11.8 Å².